The Kier molecular flexibility index (Phi) is 3.41. The molecule has 0 spiro atoms. The zero-order valence-electron chi connectivity index (χ0n) is 8.25. The molecule has 1 atom stereocenters. The van der Waals surface area contributed by atoms with Crippen molar-refractivity contribution in [3.05, 3.63) is 41.5 Å². The third-order valence-corrected chi connectivity index (χ3v) is 3.36. The summed E-state index contributed by atoms with van der Waals surface area (Å²) in [4.78, 5) is 0. The van der Waals surface area contributed by atoms with E-state index in [2.05, 4.69) is 52.3 Å². The lowest BCUT2D eigenvalue weighted by atomic mass is 9.96. The molecule has 0 amide bonds. The quantitative estimate of drug-likeness (QED) is 0.550. The minimum Gasteiger partial charge on any atom is -0.0928 e. The largest absolute Gasteiger partial charge is 0.0928 e. The SMILES string of the molecule is BrCCCCC1C=Cc2ccccc21. The molecule has 1 unspecified atom stereocenters. The lowest BCUT2D eigenvalue weighted by molar-refractivity contribution is 0.674. The van der Waals surface area contributed by atoms with E-state index in [1.165, 1.54) is 30.4 Å². The third-order valence-electron chi connectivity index (χ3n) is 2.80. The molecule has 74 valence electrons. The van der Waals surface area contributed by atoms with E-state index >= 15 is 0 Å². The van der Waals surface area contributed by atoms with Gasteiger partial charge in [0, 0.05) is 11.2 Å². The number of halogens is 1. The molecular weight excluding hydrogens is 236 g/mol. The smallest absolute Gasteiger partial charge is 0.00313 e. The van der Waals surface area contributed by atoms with Crippen LogP contribution in [0.5, 0.6) is 0 Å². The molecule has 0 aliphatic heterocycles. The predicted octanol–water partition coefficient (Wildman–Crippen LogP) is 4.36. The summed E-state index contributed by atoms with van der Waals surface area (Å²) in [5, 5.41) is 1.13. The maximum Gasteiger partial charge on any atom is 0.00313 e. The summed E-state index contributed by atoms with van der Waals surface area (Å²) in [5.41, 5.74) is 2.93. The third kappa shape index (κ3) is 2.09. The van der Waals surface area contributed by atoms with Crippen LogP contribution in [0.2, 0.25) is 0 Å². The fourth-order valence-electron chi connectivity index (χ4n) is 2.03. The lowest BCUT2D eigenvalue weighted by Crippen LogP contribution is -1.93. The molecule has 0 nitrogen and oxygen atoms in total. The average molecular weight is 251 g/mol. The van der Waals surface area contributed by atoms with E-state index in [-0.39, 0.29) is 0 Å². The summed E-state index contributed by atoms with van der Waals surface area (Å²) in [7, 11) is 0. The summed E-state index contributed by atoms with van der Waals surface area (Å²) in [5.74, 6) is 0.672. The van der Waals surface area contributed by atoms with Crippen LogP contribution in [-0.4, -0.2) is 5.33 Å². The van der Waals surface area contributed by atoms with Crippen molar-refractivity contribution in [1.29, 1.82) is 0 Å². The maximum atomic E-state index is 3.47. The zero-order valence-corrected chi connectivity index (χ0v) is 9.83. The monoisotopic (exact) mass is 250 g/mol. The molecule has 0 bridgehead atoms. The Hall–Kier alpha value is -0.560. The number of benzene rings is 1. The summed E-state index contributed by atoms with van der Waals surface area (Å²) in [6.07, 6.45) is 8.49. The predicted molar refractivity (Wildman–Crippen MR) is 65.9 cm³/mol. The highest BCUT2D eigenvalue weighted by Crippen LogP contribution is 2.33. The van der Waals surface area contributed by atoms with E-state index in [0.717, 1.165) is 5.33 Å². The van der Waals surface area contributed by atoms with Gasteiger partial charge in [0.15, 0.2) is 0 Å². The van der Waals surface area contributed by atoms with Gasteiger partial charge in [-0.1, -0.05) is 58.8 Å². The van der Waals surface area contributed by atoms with Crippen molar-refractivity contribution < 1.29 is 0 Å². The van der Waals surface area contributed by atoms with Gasteiger partial charge in [-0.25, -0.2) is 0 Å². The average Bonchev–Trinajstić information content (AvgIpc) is 2.63. The van der Waals surface area contributed by atoms with Crippen molar-refractivity contribution in [2.75, 3.05) is 5.33 Å². The van der Waals surface area contributed by atoms with Crippen molar-refractivity contribution in [3.8, 4) is 0 Å². The number of alkyl halides is 1. The Labute approximate surface area is 94.2 Å². The van der Waals surface area contributed by atoms with Crippen LogP contribution in [0.4, 0.5) is 0 Å². The van der Waals surface area contributed by atoms with Crippen LogP contribution in [-0.2, 0) is 0 Å². The zero-order chi connectivity index (χ0) is 9.80. The molecule has 0 saturated carbocycles. The van der Waals surface area contributed by atoms with Crippen LogP contribution in [0.25, 0.3) is 6.08 Å². The van der Waals surface area contributed by atoms with Gasteiger partial charge >= 0.3 is 0 Å². The van der Waals surface area contributed by atoms with Crippen molar-refractivity contribution in [2.24, 2.45) is 0 Å². The first-order valence-corrected chi connectivity index (χ1v) is 6.37. The van der Waals surface area contributed by atoms with Crippen LogP contribution < -0.4 is 0 Å². The molecule has 1 aliphatic rings. The number of hydrogen-bond acceptors (Lipinski definition) is 0. The molecule has 1 aliphatic carbocycles. The van der Waals surface area contributed by atoms with Crippen molar-refractivity contribution >= 4 is 22.0 Å². The number of allylic oxidation sites excluding steroid dienone is 1. The minimum atomic E-state index is 0.672. The Morgan fingerprint density at radius 2 is 2.00 bits per heavy atom. The Bertz CT molecular complexity index is 328. The Balaban J connectivity index is 2.00. The summed E-state index contributed by atoms with van der Waals surface area (Å²) >= 11 is 3.47. The molecule has 0 radical (unpaired) electrons. The van der Waals surface area contributed by atoms with Crippen LogP contribution in [0.3, 0.4) is 0 Å². The van der Waals surface area contributed by atoms with Gasteiger partial charge in [-0.15, -0.1) is 0 Å². The molecule has 1 aromatic carbocycles. The van der Waals surface area contributed by atoms with Gasteiger partial charge in [0.1, 0.15) is 0 Å². The number of hydrogen-bond donors (Lipinski definition) is 0. The van der Waals surface area contributed by atoms with Crippen LogP contribution in [0.15, 0.2) is 30.3 Å². The second kappa shape index (κ2) is 4.79. The van der Waals surface area contributed by atoms with Gasteiger partial charge in [0.05, 0.1) is 0 Å². The summed E-state index contributed by atoms with van der Waals surface area (Å²) < 4.78 is 0. The van der Waals surface area contributed by atoms with E-state index in [1.54, 1.807) is 0 Å². The molecule has 14 heavy (non-hydrogen) atoms. The number of unbranched alkanes of at least 4 members (excludes halogenated alkanes) is 1. The fourth-order valence-corrected chi connectivity index (χ4v) is 2.43. The van der Waals surface area contributed by atoms with E-state index in [1.807, 2.05) is 0 Å². The molecule has 0 aromatic heterocycles. The highest BCUT2D eigenvalue weighted by Gasteiger charge is 2.15. The maximum absolute atomic E-state index is 3.47. The van der Waals surface area contributed by atoms with Crippen molar-refractivity contribution in [2.45, 2.75) is 25.2 Å². The fraction of sp³-hybridized carbons (Fsp3) is 0.385. The highest BCUT2D eigenvalue weighted by molar-refractivity contribution is 9.09. The van der Waals surface area contributed by atoms with Gasteiger partial charge in [-0.3, -0.25) is 0 Å². The standard InChI is InChI=1S/C13H15Br/c14-10-4-3-6-12-9-8-11-5-1-2-7-13(11)12/h1-2,5,7-9,12H,3-4,6,10H2. The first-order chi connectivity index (χ1) is 6.92. The molecular formula is C13H15Br. The van der Waals surface area contributed by atoms with Gasteiger partial charge in [0.2, 0.25) is 0 Å². The van der Waals surface area contributed by atoms with Crippen LogP contribution in [0, 0.1) is 0 Å². The van der Waals surface area contributed by atoms with Gasteiger partial charge in [0.25, 0.3) is 0 Å². The number of fused-ring (bicyclic) bond motifs is 1. The van der Waals surface area contributed by atoms with Crippen LogP contribution >= 0.6 is 15.9 Å². The normalized spacial score (nSPS) is 18.5. The Morgan fingerprint density at radius 3 is 2.86 bits per heavy atom. The summed E-state index contributed by atoms with van der Waals surface area (Å²) in [6, 6.07) is 8.72. The lowest BCUT2D eigenvalue weighted by Gasteiger charge is -2.09. The van der Waals surface area contributed by atoms with Gasteiger partial charge < -0.3 is 0 Å². The van der Waals surface area contributed by atoms with E-state index < -0.39 is 0 Å². The molecule has 1 aromatic rings. The van der Waals surface area contributed by atoms with Gasteiger partial charge in [-0.2, -0.15) is 0 Å². The first kappa shape index (κ1) is 9.97. The molecule has 0 saturated heterocycles. The van der Waals surface area contributed by atoms with E-state index in [0.29, 0.717) is 5.92 Å². The van der Waals surface area contributed by atoms with Crippen molar-refractivity contribution in [1.82, 2.24) is 0 Å². The molecule has 1 heteroatoms. The Morgan fingerprint density at radius 1 is 1.14 bits per heavy atom. The molecule has 0 heterocycles. The van der Waals surface area contributed by atoms with Gasteiger partial charge in [-0.05, 0) is 24.0 Å². The highest BCUT2D eigenvalue weighted by atomic mass is 79.9. The van der Waals surface area contributed by atoms with Crippen LogP contribution in [0.1, 0.15) is 36.3 Å². The first-order valence-electron chi connectivity index (χ1n) is 5.25. The van der Waals surface area contributed by atoms with E-state index in [9.17, 15) is 0 Å². The minimum absolute atomic E-state index is 0.672. The van der Waals surface area contributed by atoms with Crippen molar-refractivity contribution in [3.63, 3.8) is 0 Å². The van der Waals surface area contributed by atoms with E-state index in [4.69, 9.17) is 0 Å². The molecule has 0 fully saturated rings. The second-order valence-corrected chi connectivity index (χ2v) is 4.57. The number of rotatable bonds is 4. The molecule has 0 N–H and O–H groups in total. The summed E-state index contributed by atoms with van der Waals surface area (Å²) in [6.45, 7) is 0. The topological polar surface area (TPSA) is 0 Å². The molecule has 2 rings (SSSR count). The second-order valence-electron chi connectivity index (χ2n) is 3.78.